The van der Waals surface area contributed by atoms with Gasteiger partial charge in [0.25, 0.3) is 0 Å². The van der Waals surface area contributed by atoms with Gasteiger partial charge in [0.05, 0.1) is 5.41 Å². The van der Waals surface area contributed by atoms with E-state index in [1.165, 1.54) is 0 Å². The molecule has 0 amide bonds. The van der Waals surface area contributed by atoms with Crippen molar-refractivity contribution in [3.8, 4) is 0 Å². The largest absolute Gasteiger partial charge is 0.462 e. The quantitative estimate of drug-likeness (QED) is 0.586. The Morgan fingerprint density at radius 1 is 1.27 bits per heavy atom. The molecule has 0 aromatic carbocycles. The Hall–Kier alpha value is -0.530. The highest BCUT2D eigenvalue weighted by atomic mass is 16.5. The van der Waals surface area contributed by atoms with Gasteiger partial charge < -0.3 is 4.74 Å². The van der Waals surface area contributed by atoms with Gasteiger partial charge in [0.15, 0.2) is 0 Å². The lowest BCUT2D eigenvalue weighted by atomic mass is 9.80. The van der Waals surface area contributed by atoms with Crippen LogP contribution in [0.25, 0.3) is 0 Å². The highest BCUT2D eigenvalue weighted by Gasteiger charge is 2.33. The molecule has 1 radical (unpaired) electrons. The zero-order valence-corrected chi connectivity index (χ0v) is 7.64. The summed E-state index contributed by atoms with van der Waals surface area (Å²) in [5.41, 5.74) is -0.290. The first-order valence-electron chi connectivity index (χ1n) is 4.13. The highest BCUT2D eigenvalue weighted by Crippen LogP contribution is 2.31. The molecule has 0 aliphatic heterocycles. The Kier molecular flexibility index (Phi) is 4.16. The summed E-state index contributed by atoms with van der Waals surface area (Å²) in [5, 5.41) is 0. The molecular formula is C9H17O2. The molecule has 0 N–H and O–H groups in total. The summed E-state index contributed by atoms with van der Waals surface area (Å²) in [4.78, 5) is 11.2. The first-order chi connectivity index (χ1) is 5.16. The minimum Gasteiger partial charge on any atom is -0.462 e. The van der Waals surface area contributed by atoms with Crippen LogP contribution in [-0.2, 0) is 9.53 Å². The molecule has 0 rings (SSSR count). The summed E-state index contributed by atoms with van der Waals surface area (Å²) >= 11 is 0. The number of ether oxygens (including phenoxy) is 1. The minimum atomic E-state index is -0.290. The Morgan fingerprint density at radius 3 is 1.73 bits per heavy atom. The van der Waals surface area contributed by atoms with Gasteiger partial charge in [-0.15, -0.1) is 0 Å². The van der Waals surface area contributed by atoms with Crippen LogP contribution in [0.1, 0.15) is 40.0 Å². The van der Waals surface area contributed by atoms with Crippen molar-refractivity contribution < 1.29 is 9.53 Å². The fourth-order valence-electron chi connectivity index (χ4n) is 1.34. The number of carbonyl (C=O) groups is 1. The summed E-state index contributed by atoms with van der Waals surface area (Å²) in [6.45, 7) is 6.01. The molecule has 0 heterocycles. The Bertz CT molecular complexity index is 117. The normalized spacial score (nSPS) is 11.3. The summed E-state index contributed by atoms with van der Waals surface area (Å²) < 4.78 is 4.50. The second-order valence-electron chi connectivity index (χ2n) is 2.77. The molecule has 0 unspecified atom stereocenters. The zero-order chi connectivity index (χ0) is 8.91. The highest BCUT2D eigenvalue weighted by molar-refractivity contribution is 5.76. The van der Waals surface area contributed by atoms with E-state index in [9.17, 15) is 4.79 Å². The van der Waals surface area contributed by atoms with Crippen LogP contribution in [0.3, 0.4) is 0 Å². The first kappa shape index (κ1) is 10.5. The van der Waals surface area contributed by atoms with Gasteiger partial charge in [-0.25, -0.2) is 0 Å². The summed E-state index contributed by atoms with van der Waals surface area (Å²) in [7, 11) is 3.15. The molecule has 0 aliphatic carbocycles. The molecular weight excluding hydrogens is 140 g/mol. The van der Waals surface area contributed by atoms with Crippen LogP contribution in [0.5, 0.6) is 0 Å². The van der Waals surface area contributed by atoms with Gasteiger partial charge >= 0.3 is 5.97 Å². The zero-order valence-electron chi connectivity index (χ0n) is 7.64. The maximum Gasteiger partial charge on any atom is 0.312 e. The summed E-state index contributed by atoms with van der Waals surface area (Å²) in [6.07, 6.45) is 2.48. The molecule has 2 nitrogen and oxygen atoms in total. The van der Waals surface area contributed by atoms with E-state index in [4.69, 9.17) is 0 Å². The molecule has 0 aromatic rings. The molecule has 0 saturated carbocycles. The van der Waals surface area contributed by atoms with Crippen LogP contribution in [0.15, 0.2) is 0 Å². The van der Waals surface area contributed by atoms with E-state index in [0.717, 1.165) is 19.3 Å². The number of hydrogen-bond acceptors (Lipinski definition) is 2. The van der Waals surface area contributed by atoms with E-state index in [1.807, 2.05) is 20.8 Å². The van der Waals surface area contributed by atoms with Gasteiger partial charge in [0.1, 0.15) is 7.11 Å². The van der Waals surface area contributed by atoms with Crippen LogP contribution in [0.2, 0.25) is 0 Å². The lowest BCUT2D eigenvalue weighted by molar-refractivity contribution is -0.151. The maximum absolute atomic E-state index is 11.2. The molecule has 0 bridgehead atoms. The maximum atomic E-state index is 11.2. The molecule has 0 spiro atoms. The average Bonchev–Trinajstić information content (AvgIpc) is 2.08. The Labute approximate surface area is 68.9 Å². The van der Waals surface area contributed by atoms with Crippen molar-refractivity contribution in [1.29, 1.82) is 0 Å². The van der Waals surface area contributed by atoms with Crippen molar-refractivity contribution in [2.24, 2.45) is 5.41 Å². The lowest BCUT2D eigenvalue weighted by Gasteiger charge is -2.26. The second kappa shape index (κ2) is 4.37. The van der Waals surface area contributed by atoms with Crippen molar-refractivity contribution in [3.63, 3.8) is 0 Å². The van der Waals surface area contributed by atoms with Gasteiger partial charge in [-0.05, 0) is 19.3 Å². The van der Waals surface area contributed by atoms with Gasteiger partial charge in [-0.1, -0.05) is 20.8 Å². The topological polar surface area (TPSA) is 26.3 Å². The lowest BCUT2D eigenvalue weighted by Crippen LogP contribution is -2.29. The fraction of sp³-hybridized carbons (Fsp3) is 0.778. The molecule has 0 aromatic heterocycles. The summed E-state index contributed by atoms with van der Waals surface area (Å²) in [6, 6.07) is 0. The molecule has 11 heavy (non-hydrogen) atoms. The van der Waals surface area contributed by atoms with Crippen LogP contribution in [0.4, 0.5) is 0 Å². The Balaban J connectivity index is 4.39. The van der Waals surface area contributed by atoms with Crippen molar-refractivity contribution in [3.05, 3.63) is 7.11 Å². The van der Waals surface area contributed by atoms with E-state index < -0.39 is 0 Å². The Morgan fingerprint density at radius 2 is 1.64 bits per heavy atom. The standard InChI is InChI=1S/C9H17O2/c1-5-9(6-2,7-3)8(10)11-4/h4-7H2,1-3H3. The van der Waals surface area contributed by atoms with E-state index in [2.05, 4.69) is 11.8 Å². The molecule has 0 fully saturated rings. The third-order valence-electron chi connectivity index (χ3n) is 2.59. The first-order valence-corrected chi connectivity index (χ1v) is 4.13. The van der Waals surface area contributed by atoms with Gasteiger partial charge in [-0.3, -0.25) is 4.79 Å². The molecule has 0 saturated heterocycles. The van der Waals surface area contributed by atoms with E-state index in [-0.39, 0.29) is 11.4 Å². The van der Waals surface area contributed by atoms with Crippen molar-refractivity contribution in [2.75, 3.05) is 0 Å². The smallest absolute Gasteiger partial charge is 0.312 e. The van der Waals surface area contributed by atoms with Crippen LogP contribution in [0, 0.1) is 12.5 Å². The van der Waals surface area contributed by atoms with Gasteiger partial charge in [-0.2, -0.15) is 0 Å². The van der Waals surface area contributed by atoms with Crippen LogP contribution >= 0.6 is 0 Å². The number of esters is 1. The monoisotopic (exact) mass is 157 g/mol. The number of rotatable bonds is 4. The number of carbonyl (C=O) groups excluding carboxylic acids is 1. The summed E-state index contributed by atoms with van der Waals surface area (Å²) in [5.74, 6) is -0.176. The molecule has 0 aliphatic rings. The van der Waals surface area contributed by atoms with E-state index in [1.54, 1.807) is 0 Å². The van der Waals surface area contributed by atoms with Crippen molar-refractivity contribution in [2.45, 2.75) is 40.0 Å². The third-order valence-corrected chi connectivity index (χ3v) is 2.59. The minimum absolute atomic E-state index is 0.176. The predicted octanol–water partition coefficient (Wildman–Crippen LogP) is 2.54. The SMILES string of the molecule is [CH2]OC(=O)C(CC)(CC)CC. The van der Waals surface area contributed by atoms with E-state index >= 15 is 0 Å². The molecule has 0 atom stereocenters. The fourth-order valence-corrected chi connectivity index (χ4v) is 1.34. The average molecular weight is 157 g/mol. The van der Waals surface area contributed by atoms with Crippen LogP contribution < -0.4 is 0 Å². The predicted molar refractivity (Wildman–Crippen MR) is 44.8 cm³/mol. The van der Waals surface area contributed by atoms with Gasteiger partial charge in [0.2, 0.25) is 0 Å². The van der Waals surface area contributed by atoms with Gasteiger partial charge in [0, 0.05) is 0 Å². The molecule has 65 valence electrons. The molecule has 2 heteroatoms. The third kappa shape index (κ3) is 1.95. The van der Waals surface area contributed by atoms with Crippen molar-refractivity contribution in [1.82, 2.24) is 0 Å². The second-order valence-corrected chi connectivity index (χ2v) is 2.77. The van der Waals surface area contributed by atoms with Crippen LogP contribution in [-0.4, -0.2) is 5.97 Å². The van der Waals surface area contributed by atoms with Crippen molar-refractivity contribution >= 4 is 5.97 Å². The number of hydrogen-bond donors (Lipinski definition) is 0. The van der Waals surface area contributed by atoms with E-state index in [0.29, 0.717) is 0 Å².